The van der Waals surface area contributed by atoms with E-state index in [0.717, 1.165) is 32.6 Å². The molecule has 3 rings (SSSR count). The quantitative estimate of drug-likeness (QED) is 0.608. The number of aryl methyl sites for hydroxylation is 2. The minimum atomic E-state index is -3.95. The van der Waals surface area contributed by atoms with Gasteiger partial charge in [-0.3, -0.25) is 9.59 Å². The number of anilines is 1. The van der Waals surface area contributed by atoms with E-state index in [9.17, 15) is 22.8 Å². The van der Waals surface area contributed by atoms with E-state index in [1.54, 1.807) is 6.92 Å². The normalized spacial score (nSPS) is 14.3. The summed E-state index contributed by atoms with van der Waals surface area (Å²) in [6.45, 7) is 2.84. The lowest BCUT2D eigenvalue weighted by Crippen LogP contribution is -2.32. The number of fused-ring (bicyclic) bond motifs is 1. The third-order valence-corrected chi connectivity index (χ3v) is 7.49. The Kier molecular flexibility index (Phi) is 7.11. The molecule has 0 saturated carbocycles. The molecule has 166 valence electrons. The van der Waals surface area contributed by atoms with Crippen molar-refractivity contribution in [1.29, 1.82) is 0 Å². The summed E-state index contributed by atoms with van der Waals surface area (Å²) in [4.78, 5) is 37.7. The number of rotatable bonds is 7. The Morgan fingerprint density at radius 1 is 1.13 bits per heavy atom. The van der Waals surface area contributed by atoms with Crippen molar-refractivity contribution in [3.63, 3.8) is 0 Å². The minimum Gasteiger partial charge on any atom is -0.448 e. The van der Waals surface area contributed by atoms with E-state index >= 15 is 0 Å². The lowest BCUT2D eigenvalue weighted by Gasteiger charge is -2.16. The maximum atomic E-state index is 12.6. The van der Waals surface area contributed by atoms with Gasteiger partial charge in [0.2, 0.25) is 5.91 Å². The molecule has 1 heterocycles. The number of carbonyl (C=O) groups excluding carboxylic acids is 3. The lowest BCUT2D eigenvalue weighted by atomic mass is 9.99. The Morgan fingerprint density at radius 3 is 2.42 bits per heavy atom. The number of hydrogen-bond acceptors (Lipinski definition) is 7. The molecule has 10 heteroatoms. The van der Waals surface area contributed by atoms with Crippen LogP contribution in [0.5, 0.6) is 0 Å². The Labute approximate surface area is 185 Å². The van der Waals surface area contributed by atoms with Crippen LogP contribution in [-0.4, -0.2) is 32.3 Å². The van der Waals surface area contributed by atoms with E-state index in [1.165, 1.54) is 46.0 Å². The highest BCUT2D eigenvalue weighted by Crippen LogP contribution is 2.30. The number of ether oxygens (including phenoxy) is 1. The first-order valence-electron chi connectivity index (χ1n) is 9.96. The molecule has 0 spiro atoms. The summed E-state index contributed by atoms with van der Waals surface area (Å²) >= 11 is 1.43. The molecule has 0 fully saturated rings. The number of thiophene rings is 1. The number of carbonyl (C=O) groups is 3. The highest BCUT2D eigenvalue weighted by Gasteiger charge is 2.25. The fourth-order valence-electron chi connectivity index (χ4n) is 3.29. The summed E-state index contributed by atoms with van der Waals surface area (Å²) in [5.41, 5.74) is 1.53. The van der Waals surface area contributed by atoms with Crippen molar-refractivity contribution in [2.45, 2.75) is 57.0 Å². The van der Waals surface area contributed by atoms with Crippen molar-refractivity contribution in [2.75, 3.05) is 5.32 Å². The Hall–Kier alpha value is -2.72. The molecule has 0 radical (unpaired) electrons. The van der Waals surface area contributed by atoms with Gasteiger partial charge in [0.15, 0.2) is 6.10 Å². The zero-order valence-corrected chi connectivity index (χ0v) is 18.9. The molecular weight excluding hydrogens is 440 g/mol. The van der Waals surface area contributed by atoms with Crippen LogP contribution in [0.15, 0.2) is 35.2 Å². The van der Waals surface area contributed by atoms with Crippen molar-refractivity contribution >= 4 is 44.8 Å². The van der Waals surface area contributed by atoms with E-state index in [1.807, 2.05) is 10.8 Å². The second-order valence-electron chi connectivity index (χ2n) is 7.24. The minimum absolute atomic E-state index is 0.110. The predicted molar refractivity (Wildman–Crippen MR) is 117 cm³/mol. The predicted octanol–water partition coefficient (Wildman–Crippen LogP) is 3.03. The standard InChI is InChI=1S/C21H24N2O6S2/c1-3-17(29-21(26)19-12-14-6-4-5-7-18(14)30-19)20(25)22-15-8-10-16(11-9-15)31(27,28)23-13(2)24/h8-12,17H,3-7H2,1-2H3,(H,22,25)(H,23,24). The van der Waals surface area contributed by atoms with Gasteiger partial charge in [0.25, 0.3) is 15.9 Å². The highest BCUT2D eigenvalue weighted by atomic mass is 32.2. The molecular formula is C21H24N2O6S2. The van der Waals surface area contributed by atoms with Gasteiger partial charge in [0, 0.05) is 17.5 Å². The van der Waals surface area contributed by atoms with Crippen LogP contribution in [0.25, 0.3) is 0 Å². The average Bonchev–Trinajstić information content (AvgIpc) is 3.15. The Balaban J connectivity index is 1.63. The van der Waals surface area contributed by atoms with Gasteiger partial charge in [-0.2, -0.15) is 0 Å². The second kappa shape index (κ2) is 9.61. The van der Waals surface area contributed by atoms with Gasteiger partial charge < -0.3 is 10.1 Å². The zero-order chi connectivity index (χ0) is 22.6. The molecule has 31 heavy (non-hydrogen) atoms. The first kappa shape index (κ1) is 23.0. The fraction of sp³-hybridized carbons (Fsp3) is 0.381. The monoisotopic (exact) mass is 464 g/mol. The van der Waals surface area contributed by atoms with Crippen LogP contribution in [0, 0.1) is 0 Å². The molecule has 8 nitrogen and oxygen atoms in total. The van der Waals surface area contributed by atoms with Gasteiger partial charge in [-0.05, 0) is 68.0 Å². The summed E-state index contributed by atoms with van der Waals surface area (Å²) in [7, 11) is -3.95. The van der Waals surface area contributed by atoms with Crippen molar-refractivity contribution in [3.05, 3.63) is 45.6 Å². The molecule has 2 N–H and O–H groups in total. The molecule has 0 bridgehead atoms. The Morgan fingerprint density at radius 2 is 1.81 bits per heavy atom. The van der Waals surface area contributed by atoms with E-state index in [4.69, 9.17) is 4.74 Å². The Bertz CT molecular complexity index is 1070. The van der Waals surface area contributed by atoms with Crippen LogP contribution in [-0.2, 0) is 37.2 Å². The number of esters is 1. The number of nitrogens with one attached hydrogen (secondary N) is 2. The molecule has 0 aliphatic heterocycles. The highest BCUT2D eigenvalue weighted by molar-refractivity contribution is 7.90. The summed E-state index contributed by atoms with van der Waals surface area (Å²) in [6.07, 6.45) is 3.48. The summed E-state index contributed by atoms with van der Waals surface area (Å²) in [6, 6.07) is 7.19. The van der Waals surface area contributed by atoms with Crippen LogP contribution in [0.1, 0.15) is 53.2 Å². The van der Waals surface area contributed by atoms with Crippen LogP contribution in [0.2, 0.25) is 0 Å². The zero-order valence-electron chi connectivity index (χ0n) is 17.3. The fourth-order valence-corrected chi connectivity index (χ4v) is 5.42. The van der Waals surface area contributed by atoms with Crippen molar-refractivity contribution in [1.82, 2.24) is 4.72 Å². The van der Waals surface area contributed by atoms with E-state index < -0.39 is 33.9 Å². The molecule has 1 atom stereocenters. The molecule has 1 aromatic heterocycles. The lowest BCUT2D eigenvalue weighted by molar-refractivity contribution is -0.124. The topological polar surface area (TPSA) is 119 Å². The van der Waals surface area contributed by atoms with Gasteiger partial charge in [-0.1, -0.05) is 6.92 Å². The molecule has 2 amide bonds. The number of sulfonamides is 1. The number of amides is 2. The van der Waals surface area contributed by atoms with Gasteiger partial charge in [0.1, 0.15) is 4.88 Å². The SMILES string of the molecule is CCC(OC(=O)c1cc2c(s1)CCCC2)C(=O)Nc1ccc(S(=O)(=O)NC(C)=O)cc1. The second-order valence-corrected chi connectivity index (χ2v) is 10.1. The van der Waals surface area contributed by atoms with Crippen molar-refractivity contribution in [3.8, 4) is 0 Å². The first-order chi connectivity index (χ1) is 14.7. The van der Waals surface area contributed by atoms with E-state index in [0.29, 0.717) is 10.6 Å². The summed E-state index contributed by atoms with van der Waals surface area (Å²) < 4.78 is 31.3. The maximum absolute atomic E-state index is 12.6. The van der Waals surface area contributed by atoms with Crippen LogP contribution >= 0.6 is 11.3 Å². The van der Waals surface area contributed by atoms with Gasteiger partial charge in [-0.25, -0.2) is 17.9 Å². The van der Waals surface area contributed by atoms with Gasteiger partial charge in [0.05, 0.1) is 4.90 Å². The van der Waals surface area contributed by atoms with Gasteiger partial charge in [-0.15, -0.1) is 11.3 Å². The van der Waals surface area contributed by atoms with Crippen molar-refractivity contribution < 1.29 is 27.5 Å². The van der Waals surface area contributed by atoms with E-state index in [2.05, 4.69) is 5.32 Å². The maximum Gasteiger partial charge on any atom is 0.349 e. The molecule has 1 aliphatic carbocycles. The van der Waals surface area contributed by atoms with Crippen LogP contribution in [0.4, 0.5) is 5.69 Å². The third-order valence-electron chi connectivity index (χ3n) is 4.82. The summed E-state index contributed by atoms with van der Waals surface area (Å²) in [5.74, 6) is -1.72. The van der Waals surface area contributed by atoms with Crippen LogP contribution < -0.4 is 10.0 Å². The average molecular weight is 465 g/mol. The van der Waals surface area contributed by atoms with Gasteiger partial charge >= 0.3 is 5.97 Å². The van der Waals surface area contributed by atoms with Crippen molar-refractivity contribution in [2.24, 2.45) is 0 Å². The first-order valence-corrected chi connectivity index (χ1v) is 12.3. The number of benzene rings is 1. The van der Waals surface area contributed by atoms with E-state index in [-0.39, 0.29) is 11.3 Å². The molecule has 1 aliphatic rings. The molecule has 2 aromatic rings. The molecule has 0 saturated heterocycles. The third kappa shape index (κ3) is 5.71. The molecule has 1 unspecified atom stereocenters. The van der Waals surface area contributed by atoms with Crippen LogP contribution in [0.3, 0.4) is 0 Å². The summed E-state index contributed by atoms with van der Waals surface area (Å²) in [5, 5.41) is 2.62. The molecule has 1 aromatic carbocycles. The number of hydrogen-bond donors (Lipinski definition) is 2. The largest absolute Gasteiger partial charge is 0.448 e. The smallest absolute Gasteiger partial charge is 0.349 e.